The number of amides is 1. The highest BCUT2D eigenvalue weighted by Crippen LogP contribution is 2.32. The number of benzene rings is 1. The first-order valence-electron chi connectivity index (χ1n) is 6.52. The maximum Gasteiger partial charge on any atom is 0.410 e. The van der Waals surface area contributed by atoms with E-state index in [1.165, 1.54) is 5.56 Å². The lowest BCUT2D eigenvalue weighted by molar-refractivity contribution is 0.0224. The molecule has 0 saturated carbocycles. The van der Waals surface area contributed by atoms with E-state index in [9.17, 15) is 4.79 Å². The van der Waals surface area contributed by atoms with Crippen molar-refractivity contribution in [2.24, 2.45) is 0 Å². The van der Waals surface area contributed by atoms with Crippen LogP contribution in [0.3, 0.4) is 0 Å². The Balaban J connectivity index is 2.11. The van der Waals surface area contributed by atoms with Gasteiger partial charge in [-0.25, -0.2) is 4.79 Å². The zero-order chi connectivity index (χ0) is 13.2. The molecule has 3 heteroatoms. The number of ether oxygens (including phenoxy) is 1. The van der Waals surface area contributed by atoms with Gasteiger partial charge in [0.05, 0.1) is 6.04 Å². The molecule has 0 unspecified atom stereocenters. The van der Waals surface area contributed by atoms with E-state index in [1.807, 2.05) is 43.9 Å². The van der Waals surface area contributed by atoms with Crippen molar-refractivity contribution in [2.75, 3.05) is 6.54 Å². The molecule has 0 bridgehead atoms. The second kappa shape index (κ2) is 5.01. The Labute approximate surface area is 109 Å². The fourth-order valence-corrected chi connectivity index (χ4v) is 2.33. The lowest BCUT2D eigenvalue weighted by Gasteiger charge is -2.28. The van der Waals surface area contributed by atoms with Crippen molar-refractivity contribution in [3.63, 3.8) is 0 Å². The minimum absolute atomic E-state index is 0.168. The highest BCUT2D eigenvalue weighted by atomic mass is 16.6. The first kappa shape index (κ1) is 12.9. The van der Waals surface area contributed by atoms with E-state index in [0.717, 1.165) is 19.4 Å². The predicted molar refractivity (Wildman–Crippen MR) is 71.4 cm³/mol. The third-order valence-corrected chi connectivity index (χ3v) is 3.07. The van der Waals surface area contributed by atoms with Gasteiger partial charge in [-0.3, -0.25) is 0 Å². The molecule has 1 aliphatic heterocycles. The number of hydrogen-bond donors (Lipinski definition) is 0. The zero-order valence-corrected chi connectivity index (χ0v) is 11.3. The van der Waals surface area contributed by atoms with Gasteiger partial charge in [0.25, 0.3) is 0 Å². The van der Waals surface area contributed by atoms with Crippen LogP contribution in [0.5, 0.6) is 0 Å². The maximum atomic E-state index is 12.1. The monoisotopic (exact) mass is 247 g/mol. The summed E-state index contributed by atoms with van der Waals surface area (Å²) in [7, 11) is 0. The predicted octanol–water partition coefficient (Wildman–Crippen LogP) is 3.76. The Bertz CT molecular complexity index is 408. The highest BCUT2D eigenvalue weighted by molar-refractivity contribution is 5.69. The largest absolute Gasteiger partial charge is 0.444 e. The van der Waals surface area contributed by atoms with Crippen molar-refractivity contribution < 1.29 is 9.53 Å². The molecular formula is C15H21NO2. The van der Waals surface area contributed by atoms with E-state index in [-0.39, 0.29) is 12.1 Å². The van der Waals surface area contributed by atoms with E-state index in [4.69, 9.17) is 4.74 Å². The molecule has 0 N–H and O–H groups in total. The zero-order valence-electron chi connectivity index (χ0n) is 11.3. The number of carbonyl (C=O) groups excluding carboxylic acids is 1. The Morgan fingerprint density at radius 3 is 2.56 bits per heavy atom. The number of carbonyl (C=O) groups is 1. The molecule has 1 fully saturated rings. The number of likely N-dealkylation sites (tertiary alicyclic amines) is 1. The van der Waals surface area contributed by atoms with Crippen molar-refractivity contribution in [1.82, 2.24) is 4.90 Å². The van der Waals surface area contributed by atoms with Crippen molar-refractivity contribution >= 4 is 6.09 Å². The van der Waals surface area contributed by atoms with Gasteiger partial charge in [0, 0.05) is 6.54 Å². The molecule has 1 aromatic carbocycles. The van der Waals surface area contributed by atoms with Crippen LogP contribution in [0.2, 0.25) is 0 Å². The lowest BCUT2D eigenvalue weighted by Crippen LogP contribution is -2.36. The summed E-state index contributed by atoms with van der Waals surface area (Å²) in [6, 6.07) is 10.3. The standard InChI is InChI=1S/C15H21NO2/c1-15(2,3)18-14(17)16-11-7-10-13(16)12-8-5-4-6-9-12/h4-6,8-9,13H,7,10-11H2,1-3H3/t13-/m1/s1. The Morgan fingerprint density at radius 1 is 1.28 bits per heavy atom. The van der Waals surface area contributed by atoms with Crippen molar-refractivity contribution in [1.29, 1.82) is 0 Å². The molecule has 1 heterocycles. The van der Waals surface area contributed by atoms with Gasteiger partial charge in [0.2, 0.25) is 0 Å². The fourth-order valence-electron chi connectivity index (χ4n) is 2.33. The second-order valence-electron chi connectivity index (χ2n) is 5.74. The second-order valence-corrected chi connectivity index (χ2v) is 5.74. The van der Waals surface area contributed by atoms with Crippen LogP contribution in [0.25, 0.3) is 0 Å². The third kappa shape index (κ3) is 3.03. The SMILES string of the molecule is CC(C)(C)OC(=O)N1CCC[C@@H]1c1ccccc1. The summed E-state index contributed by atoms with van der Waals surface area (Å²) in [6.07, 6.45) is 1.86. The minimum Gasteiger partial charge on any atom is -0.444 e. The molecule has 1 amide bonds. The van der Waals surface area contributed by atoms with Crippen LogP contribution in [0, 0.1) is 0 Å². The summed E-state index contributed by atoms with van der Waals surface area (Å²) < 4.78 is 5.46. The molecule has 1 saturated heterocycles. The van der Waals surface area contributed by atoms with Crippen molar-refractivity contribution in [3.8, 4) is 0 Å². The Morgan fingerprint density at radius 2 is 1.94 bits per heavy atom. The van der Waals surface area contributed by atoms with E-state index in [0.29, 0.717) is 0 Å². The normalized spacial score (nSPS) is 19.9. The third-order valence-electron chi connectivity index (χ3n) is 3.07. The Kier molecular flexibility index (Phi) is 3.60. The maximum absolute atomic E-state index is 12.1. The number of hydrogen-bond acceptors (Lipinski definition) is 2. The van der Waals surface area contributed by atoms with Crippen molar-refractivity contribution in [3.05, 3.63) is 35.9 Å². The van der Waals surface area contributed by atoms with Gasteiger partial charge in [-0.1, -0.05) is 30.3 Å². The summed E-state index contributed by atoms with van der Waals surface area (Å²) in [5.74, 6) is 0. The highest BCUT2D eigenvalue weighted by Gasteiger charge is 2.32. The molecule has 1 aliphatic rings. The molecule has 0 spiro atoms. The van der Waals surface area contributed by atoms with Gasteiger partial charge in [-0.05, 0) is 39.2 Å². The van der Waals surface area contributed by atoms with Crippen LogP contribution in [0.4, 0.5) is 4.79 Å². The molecule has 2 rings (SSSR count). The van der Waals surface area contributed by atoms with Gasteiger partial charge in [0.15, 0.2) is 0 Å². The van der Waals surface area contributed by atoms with Gasteiger partial charge in [-0.15, -0.1) is 0 Å². The molecule has 98 valence electrons. The van der Waals surface area contributed by atoms with Gasteiger partial charge in [-0.2, -0.15) is 0 Å². The summed E-state index contributed by atoms with van der Waals surface area (Å²) in [6.45, 7) is 6.49. The van der Waals surface area contributed by atoms with Gasteiger partial charge in [0.1, 0.15) is 5.60 Å². The average Bonchev–Trinajstić information content (AvgIpc) is 2.76. The molecule has 0 aliphatic carbocycles. The van der Waals surface area contributed by atoms with Crippen LogP contribution >= 0.6 is 0 Å². The summed E-state index contributed by atoms with van der Waals surface area (Å²) in [5, 5.41) is 0. The van der Waals surface area contributed by atoms with E-state index in [1.54, 1.807) is 0 Å². The fraction of sp³-hybridized carbons (Fsp3) is 0.533. The van der Waals surface area contributed by atoms with E-state index in [2.05, 4.69) is 12.1 Å². The van der Waals surface area contributed by atoms with Crippen LogP contribution in [0.1, 0.15) is 45.2 Å². The molecule has 0 aromatic heterocycles. The van der Waals surface area contributed by atoms with Crippen LogP contribution in [-0.2, 0) is 4.74 Å². The number of rotatable bonds is 1. The molecular weight excluding hydrogens is 226 g/mol. The quantitative estimate of drug-likeness (QED) is 0.756. The average molecular weight is 247 g/mol. The van der Waals surface area contributed by atoms with E-state index < -0.39 is 5.60 Å². The Hall–Kier alpha value is -1.51. The van der Waals surface area contributed by atoms with Gasteiger partial charge >= 0.3 is 6.09 Å². The van der Waals surface area contributed by atoms with Crippen LogP contribution in [0.15, 0.2) is 30.3 Å². The summed E-state index contributed by atoms with van der Waals surface area (Å²) in [5.41, 5.74) is 0.766. The van der Waals surface area contributed by atoms with Crippen LogP contribution in [-0.4, -0.2) is 23.1 Å². The molecule has 3 nitrogen and oxygen atoms in total. The minimum atomic E-state index is -0.430. The summed E-state index contributed by atoms with van der Waals surface area (Å²) in [4.78, 5) is 14.0. The lowest BCUT2D eigenvalue weighted by atomic mass is 10.1. The van der Waals surface area contributed by atoms with Gasteiger partial charge < -0.3 is 9.64 Å². The molecule has 1 atom stereocenters. The molecule has 1 aromatic rings. The number of nitrogens with zero attached hydrogens (tertiary/aromatic N) is 1. The first-order valence-corrected chi connectivity index (χ1v) is 6.52. The molecule has 0 radical (unpaired) electrons. The topological polar surface area (TPSA) is 29.5 Å². The molecule has 18 heavy (non-hydrogen) atoms. The van der Waals surface area contributed by atoms with Crippen molar-refractivity contribution in [2.45, 2.75) is 45.3 Å². The summed E-state index contributed by atoms with van der Waals surface area (Å²) >= 11 is 0. The smallest absolute Gasteiger partial charge is 0.410 e. The first-order chi connectivity index (χ1) is 8.47. The van der Waals surface area contributed by atoms with Crippen LogP contribution < -0.4 is 0 Å². The van der Waals surface area contributed by atoms with E-state index >= 15 is 0 Å².